The van der Waals surface area contributed by atoms with Crippen LogP contribution in [-0.2, 0) is 0 Å². The summed E-state index contributed by atoms with van der Waals surface area (Å²) in [5, 5.41) is 26.7. The van der Waals surface area contributed by atoms with E-state index in [9.17, 15) is 10.2 Å². The van der Waals surface area contributed by atoms with E-state index in [1.807, 2.05) is 36.4 Å². The van der Waals surface area contributed by atoms with Crippen molar-refractivity contribution in [3.8, 4) is 11.5 Å². The summed E-state index contributed by atoms with van der Waals surface area (Å²) in [6, 6.07) is 12.2. The van der Waals surface area contributed by atoms with Gasteiger partial charge in [0.15, 0.2) is 0 Å². The van der Waals surface area contributed by atoms with Gasteiger partial charge >= 0.3 is 0 Å². The molecule has 0 saturated heterocycles. The normalized spacial score (nSPS) is 10.7. The Labute approximate surface area is 111 Å². The Morgan fingerprint density at radius 3 is 2.37 bits per heavy atom. The molecule has 0 aromatic heterocycles. The van der Waals surface area contributed by atoms with Gasteiger partial charge in [0.25, 0.3) is 0 Å². The number of hydrogen-bond donors (Lipinski definition) is 4. The van der Waals surface area contributed by atoms with Gasteiger partial charge in [-0.2, -0.15) is 0 Å². The molecule has 0 bridgehead atoms. The molecular formula is C15H14N2O2. The first-order chi connectivity index (χ1) is 9.08. The average Bonchev–Trinajstić information content (AvgIpc) is 2.36. The minimum absolute atomic E-state index is 0.0739. The zero-order chi connectivity index (χ0) is 13.8. The van der Waals surface area contributed by atoms with Crippen molar-refractivity contribution in [1.82, 2.24) is 0 Å². The van der Waals surface area contributed by atoms with Gasteiger partial charge in [0.2, 0.25) is 0 Å². The van der Waals surface area contributed by atoms with Crippen LogP contribution in [-0.4, -0.2) is 16.0 Å². The van der Waals surface area contributed by atoms with Crippen LogP contribution in [0.1, 0.15) is 16.7 Å². The van der Waals surface area contributed by atoms with Crippen LogP contribution in [0.25, 0.3) is 12.2 Å². The SMILES string of the molecule is N=C(N)c1c(O)cc(O)cc1/C=C/c1ccccc1. The highest BCUT2D eigenvalue weighted by atomic mass is 16.3. The summed E-state index contributed by atoms with van der Waals surface area (Å²) in [4.78, 5) is 0. The number of nitrogens with one attached hydrogen (secondary N) is 1. The first-order valence-corrected chi connectivity index (χ1v) is 5.71. The molecule has 4 heteroatoms. The number of amidine groups is 1. The lowest BCUT2D eigenvalue weighted by molar-refractivity contribution is 0.449. The molecule has 5 N–H and O–H groups in total. The molecule has 0 amide bonds. The summed E-state index contributed by atoms with van der Waals surface area (Å²) in [6.45, 7) is 0. The predicted octanol–water partition coefficient (Wildman–Crippen LogP) is 2.55. The van der Waals surface area contributed by atoms with Crippen LogP contribution in [0, 0.1) is 5.41 Å². The van der Waals surface area contributed by atoms with E-state index in [1.165, 1.54) is 6.07 Å². The van der Waals surface area contributed by atoms with Gasteiger partial charge in [0.1, 0.15) is 17.3 Å². The van der Waals surface area contributed by atoms with Crippen molar-refractivity contribution in [2.45, 2.75) is 0 Å². The van der Waals surface area contributed by atoms with Gasteiger partial charge in [-0.15, -0.1) is 0 Å². The standard InChI is InChI=1S/C15H14N2O2/c16-15(17)14-11(8-12(18)9-13(14)19)7-6-10-4-2-1-3-5-10/h1-9,18-19H,(H3,16,17)/b7-6+. The summed E-state index contributed by atoms with van der Waals surface area (Å²) >= 11 is 0. The first-order valence-electron chi connectivity index (χ1n) is 5.71. The molecule has 0 atom stereocenters. The zero-order valence-electron chi connectivity index (χ0n) is 10.2. The second kappa shape index (κ2) is 5.27. The molecule has 96 valence electrons. The van der Waals surface area contributed by atoms with Crippen molar-refractivity contribution in [3.05, 3.63) is 59.2 Å². The Balaban J connectivity index is 2.45. The highest BCUT2D eigenvalue weighted by Gasteiger charge is 2.10. The number of benzene rings is 2. The Hall–Kier alpha value is -2.75. The molecule has 0 saturated carbocycles. The van der Waals surface area contributed by atoms with Crippen LogP contribution in [0.5, 0.6) is 11.5 Å². The third-order valence-electron chi connectivity index (χ3n) is 2.66. The second-order valence-corrected chi connectivity index (χ2v) is 4.09. The summed E-state index contributed by atoms with van der Waals surface area (Å²) in [5.41, 5.74) is 7.12. The maximum atomic E-state index is 9.73. The topological polar surface area (TPSA) is 90.3 Å². The smallest absolute Gasteiger partial charge is 0.130 e. The van der Waals surface area contributed by atoms with Gasteiger partial charge in [-0.05, 0) is 17.2 Å². The molecule has 0 fully saturated rings. The number of hydrogen-bond acceptors (Lipinski definition) is 3. The molecule has 19 heavy (non-hydrogen) atoms. The molecule has 2 rings (SSSR count). The van der Waals surface area contributed by atoms with Crippen molar-refractivity contribution >= 4 is 18.0 Å². The van der Waals surface area contributed by atoms with Crippen molar-refractivity contribution in [3.63, 3.8) is 0 Å². The molecule has 2 aromatic rings. The second-order valence-electron chi connectivity index (χ2n) is 4.09. The van der Waals surface area contributed by atoms with E-state index in [0.717, 1.165) is 11.6 Å². The quantitative estimate of drug-likeness (QED) is 0.385. The Kier molecular flexibility index (Phi) is 3.52. The van der Waals surface area contributed by atoms with E-state index in [2.05, 4.69) is 0 Å². The molecule has 0 unspecified atom stereocenters. The fourth-order valence-corrected chi connectivity index (χ4v) is 1.81. The Morgan fingerprint density at radius 2 is 1.74 bits per heavy atom. The lowest BCUT2D eigenvalue weighted by atomic mass is 10.0. The summed E-state index contributed by atoms with van der Waals surface area (Å²) in [6.07, 6.45) is 3.52. The molecule has 4 nitrogen and oxygen atoms in total. The highest BCUT2D eigenvalue weighted by molar-refractivity contribution is 6.02. The fraction of sp³-hybridized carbons (Fsp3) is 0. The van der Waals surface area contributed by atoms with Gasteiger partial charge in [-0.3, -0.25) is 5.41 Å². The van der Waals surface area contributed by atoms with Crippen LogP contribution in [0.15, 0.2) is 42.5 Å². The number of phenols is 2. The largest absolute Gasteiger partial charge is 0.508 e. The molecule has 2 aromatic carbocycles. The van der Waals surface area contributed by atoms with E-state index >= 15 is 0 Å². The zero-order valence-corrected chi connectivity index (χ0v) is 10.2. The monoisotopic (exact) mass is 254 g/mol. The van der Waals surface area contributed by atoms with E-state index in [4.69, 9.17) is 11.1 Å². The number of nitrogen functional groups attached to an aromatic ring is 1. The Bertz CT molecular complexity index is 634. The van der Waals surface area contributed by atoms with Crippen molar-refractivity contribution in [2.24, 2.45) is 5.73 Å². The first kappa shape index (κ1) is 12.7. The van der Waals surface area contributed by atoms with E-state index < -0.39 is 0 Å². The van der Waals surface area contributed by atoms with Gasteiger partial charge in [-0.25, -0.2) is 0 Å². The van der Waals surface area contributed by atoms with Crippen LogP contribution in [0.3, 0.4) is 0 Å². The summed E-state index contributed by atoms with van der Waals surface area (Å²) in [7, 11) is 0. The fourth-order valence-electron chi connectivity index (χ4n) is 1.81. The highest BCUT2D eigenvalue weighted by Crippen LogP contribution is 2.28. The lowest BCUT2D eigenvalue weighted by Gasteiger charge is -2.07. The molecule has 0 heterocycles. The van der Waals surface area contributed by atoms with Crippen LogP contribution < -0.4 is 5.73 Å². The molecule has 0 aliphatic rings. The minimum atomic E-state index is -0.245. The maximum Gasteiger partial charge on any atom is 0.130 e. The Morgan fingerprint density at radius 1 is 1.05 bits per heavy atom. The number of nitrogens with two attached hydrogens (primary N) is 1. The molecular weight excluding hydrogens is 240 g/mol. The summed E-state index contributed by atoms with van der Waals surface area (Å²) in [5.74, 6) is -0.527. The van der Waals surface area contributed by atoms with Crippen molar-refractivity contribution in [1.29, 1.82) is 5.41 Å². The maximum absolute atomic E-state index is 9.73. The number of phenolic OH excluding ortho intramolecular Hbond substituents is 2. The van der Waals surface area contributed by atoms with Crippen molar-refractivity contribution < 1.29 is 10.2 Å². The van der Waals surface area contributed by atoms with Crippen LogP contribution in [0.2, 0.25) is 0 Å². The number of aromatic hydroxyl groups is 2. The predicted molar refractivity (Wildman–Crippen MR) is 76.2 cm³/mol. The average molecular weight is 254 g/mol. The van der Waals surface area contributed by atoms with Crippen LogP contribution >= 0.6 is 0 Å². The van der Waals surface area contributed by atoms with Crippen LogP contribution in [0.4, 0.5) is 0 Å². The van der Waals surface area contributed by atoms with Gasteiger partial charge < -0.3 is 15.9 Å². The third kappa shape index (κ3) is 2.93. The number of rotatable bonds is 3. The van der Waals surface area contributed by atoms with E-state index in [-0.39, 0.29) is 22.9 Å². The van der Waals surface area contributed by atoms with E-state index in [0.29, 0.717) is 5.56 Å². The van der Waals surface area contributed by atoms with Gasteiger partial charge in [0, 0.05) is 6.07 Å². The van der Waals surface area contributed by atoms with Gasteiger partial charge in [0.05, 0.1) is 5.56 Å². The minimum Gasteiger partial charge on any atom is -0.508 e. The third-order valence-corrected chi connectivity index (χ3v) is 2.66. The molecule has 0 aliphatic carbocycles. The molecule has 0 spiro atoms. The molecule has 0 aliphatic heterocycles. The van der Waals surface area contributed by atoms with Gasteiger partial charge in [-0.1, -0.05) is 42.5 Å². The molecule has 0 radical (unpaired) electrons. The van der Waals surface area contributed by atoms with E-state index in [1.54, 1.807) is 6.08 Å². The lowest BCUT2D eigenvalue weighted by Crippen LogP contribution is -2.12. The van der Waals surface area contributed by atoms with Crippen molar-refractivity contribution in [2.75, 3.05) is 0 Å². The summed E-state index contributed by atoms with van der Waals surface area (Å²) < 4.78 is 0.